The molecule has 0 aliphatic carbocycles. The molecule has 0 fully saturated rings. The molecule has 0 saturated carbocycles. The van der Waals surface area contributed by atoms with Crippen LogP contribution in [-0.4, -0.2) is 24.8 Å². The van der Waals surface area contributed by atoms with Gasteiger partial charge in [0.05, 0.1) is 23.9 Å². The van der Waals surface area contributed by atoms with Crippen LogP contribution in [0.25, 0.3) is 0 Å². The summed E-state index contributed by atoms with van der Waals surface area (Å²) in [7, 11) is 1.46. The summed E-state index contributed by atoms with van der Waals surface area (Å²) in [6, 6.07) is 11.6. The Hall–Kier alpha value is -3.15. The van der Waals surface area contributed by atoms with Gasteiger partial charge in [-0.3, -0.25) is 14.4 Å². The van der Waals surface area contributed by atoms with Crippen molar-refractivity contribution in [3.05, 3.63) is 53.6 Å². The first-order chi connectivity index (χ1) is 13.1. The highest BCUT2D eigenvalue weighted by Gasteiger charge is 2.37. The summed E-state index contributed by atoms with van der Waals surface area (Å²) < 4.78 is 5.38. The number of nitrogens with zero attached hydrogens (tertiary/aromatic N) is 1. The van der Waals surface area contributed by atoms with E-state index in [1.165, 1.54) is 7.11 Å². The van der Waals surface area contributed by atoms with Crippen LogP contribution < -0.4 is 15.0 Å². The lowest BCUT2D eigenvalue weighted by Crippen LogP contribution is -2.29. The van der Waals surface area contributed by atoms with E-state index in [-0.39, 0.29) is 17.7 Å². The Kier molecular flexibility index (Phi) is 5.54. The smallest absolute Gasteiger partial charge is 0.266 e. The second-order valence-corrected chi connectivity index (χ2v) is 6.38. The number of hydrogen-bond donors (Lipinski definition) is 1. The molecule has 0 saturated heterocycles. The first kappa shape index (κ1) is 18.6. The number of nitrogens with one attached hydrogen (secondary N) is 1. The van der Waals surface area contributed by atoms with Gasteiger partial charge >= 0.3 is 0 Å². The molecule has 0 spiro atoms. The zero-order chi connectivity index (χ0) is 19.4. The van der Waals surface area contributed by atoms with Crippen molar-refractivity contribution in [3.63, 3.8) is 0 Å². The zero-order valence-corrected chi connectivity index (χ0v) is 15.5. The average Bonchev–Trinajstić information content (AvgIpc) is 2.93. The van der Waals surface area contributed by atoms with Crippen molar-refractivity contribution >= 4 is 29.1 Å². The Labute approximate surface area is 158 Å². The van der Waals surface area contributed by atoms with Crippen molar-refractivity contribution in [1.29, 1.82) is 0 Å². The molecule has 0 unspecified atom stereocenters. The minimum atomic E-state index is -0.384. The Balaban J connectivity index is 1.83. The van der Waals surface area contributed by atoms with E-state index in [9.17, 15) is 14.4 Å². The number of benzene rings is 2. The standard InChI is InChI=1S/C21H22N2O4/c1-3-4-5-10-19(24)22-14-11-12-17(18(13-14)27-2)23-20(25)15-8-6-7-9-16(15)21(23)26/h6-9,11-13H,3-5,10H2,1-2H3,(H,22,24). The lowest BCUT2D eigenvalue weighted by atomic mass is 10.1. The summed E-state index contributed by atoms with van der Waals surface area (Å²) in [4.78, 5) is 38.4. The summed E-state index contributed by atoms with van der Waals surface area (Å²) >= 11 is 0. The normalized spacial score (nSPS) is 12.9. The summed E-state index contributed by atoms with van der Waals surface area (Å²) in [6.45, 7) is 2.08. The highest BCUT2D eigenvalue weighted by atomic mass is 16.5. The molecule has 1 aliphatic heterocycles. The summed E-state index contributed by atoms with van der Waals surface area (Å²) in [5, 5.41) is 2.83. The van der Waals surface area contributed by atoms with E-state index in [1.54, 1.807) is 42.5 Å². The molecule has 0 bridgehead atoms. The van der Waals surface area contributed by atoms with E-state index in [0.717, 1.165) is 24.2 Å². The number of methoxy groups -OCH3 is 1. The number of imide groups is 1. The molecular formula is C21H22N2O4. The highest BCUT2D eigenvalue weighted by molar-refractivity contribution is 6.34. The number of unbranched alkanes of at least 4 members (excludes halogenated alkanes) is 2. The molecule has 1 N–H and O–H groups in total. The number of carbonyl (C=O) groups excluding carboxylic acids is 3. The molecule has 3 rings (SSSR count). The third kappa shape index (κ3) is 3.69. The monoisotopic (exact) mass is 366 g/mol. The average molecular weight is 366 g/mol. The predicted octanol–water partition coefficient (Wildman–Crippen LogP) is 4.01. The van der Waals surface area contributed by atoms with Crippen molar-refractivity contribution in [2.24, 2.45) is 0 Å². The van der Waals surface area contributed by atoms with Crippen LogP contribution in [0, 0.1) is 0 Å². The van der Waals surface area contributed by atoms with Gasteiger partial charge in [0.1, 0.15) is 5.75 Å². The van der Waals surface area contributed by atoms with Gasteiger partial charge in [0.25, 0.3) is 11.8 Å². The zero-order valence-electron chi connectivity index (χ0n) is 15.5. The van der Waals surface area contributed by atoms with E-state index < -0.39 is 0 Å². The van der Waals surface area contributed by atoms with E-state index in [0.29, 0.717) is 34.7 Å². The van der Waals surface area contributed by atoms with Gasteiger partial charge in [-0.1, -0.05) is 31.9 Å². The molecule has 2 aromatic carbocycles. The van der Waals surface area contributed by atoms with Gasteiger partial charge < -0.3 is 10.1 Å². The number of anilines is 2. The molecule has 3 amide bonds. The number of amides is 3. The van der Waals surface area contributed by atoms with Crippen LogP contribution in [0.15, 0.2) is 42.5 Å². The molecule has 0 radical (unpaired) electrons. The van der Waals surface area contributed by atoms with Crippen LogP contribution in [0.4, 0.5) is 11.4 Å². The fourth-order valence-corrected chi connectivity index (χ4v) is 3.11. The minimum Gasteiger partial charge on any atom is -0.494 e. The van der Waals surface area contributed by atoms with Gasteiger partial charge in [0, 0.05) is 18.2 Å². The number of carbonyl (C=O) groups is 3. The van der Waals surface area contributed by atoms with Crippen LogP contribution in [0.3, 0.4) is 0 Å². The van der Waals surface area contributed by atoms with Crippen molar-refractivity contribution in [1.82, 2.24) is 0 Å². The highest BCUT2D eigenvalue weighted by Crippen LogP contribution is 2.36. The van der Waals surface area contributed by atoms with Crippen molar-refractivity contribution in [3.8, 4) is 5.75 Å². The van der Waals surface area contributed by atoms with Crippen LogP contribution in [0.5, 0.6) is 5.75 Å². The molecule has 27 heavy (non-hydrogen) atoms. The Morgan fingerprint density at radius 1 is 1.04 bits per heavy atom. The lowest BCUT2D eigenvalue weighted by Gasteiger charge is -2.18. The quantitative estimate of drug-likeness (QED) is 0.593. The van der Waals surface area contributed by atoms with Crippen LogP contribution in [0.2, 0.25) is 0 Å². The largest absolute Gasteiger partial charge is 0.494 e. The van der Waals surface area contributed by atoms with Gasteiger partial charge in [-0.25, -0.2) is 4.90 Å². The molecule has 2 aromatic rings. The van der Waals surface area contributed by atoms with Crippen molar-refractivity contribution in [2.45, 2.75) is 32.6 Å². The first-order valence-electron chi connectivity index (χ1n) is 9.02. The number of ether oxygens (including phenoxy) is 1. The number of rotatable bonds is 7. The third-order valence-corrected chi connectivity index (χ3v) is 4.51. The second-order valence-electron chi connectivity index (χ2n) is 6.38. The van der Waals surface area contributed by atoms with Gasteiger partial charge in [0.15, 0.2) is 0 Å². The Morgan fingerprint density at radius 3 is 2.30 bits per heavy atom. The fraction of sp³-hybridized carbons (Fsp3) is 0.286. The van der Waals surface area contributed by atoms with Crippen LogP contribution in [0.1, 0.15) is 53.3 Å². The van der Waals surface area contributed by atoms with Crippen molar-refractivity contribution in [2.75, 3.05) is 17.3 Å². The second kappa shape index (κ2) is 8.03. The predicted molar refractivity (Wildman–Crippen MR) is 103 cm³/mol. The first-order valence-corrected chi connectivity index (χ1v) is 9.02. The van der Waals surface area contributed by atoms with Gasteiger partial charge in [0.2, 0.25) is 5.91 Å². The van der Waals surface area contributed by atoms with Gasteiger partial charge in [-0.05, 0) is 30.7 Å². The SMILES string of the molecule is CCCCCC(=O)Nc1ccc(N2C(=O)c3ccccc3C2=O)c(OC)c1. The number of fused-ring (bicyclic) bond motifs is 1. The molecule has 1 heterocycles. The van der Waals surface area contributed by atoms with E-state index in [1.807, 2.05) is 0 Å². The maximum absolute atomic E-state index is 12.7. The molecule has 0 atom stereocenters. The molecule has 6 nitrogen and oxygen atoms in total. The van der Waals surface area contributed by atoms with Gasteiger partial charge in [-0.15, -0.1) is 0 Å². The minimum absolute atomic E-state index is 0.0704. The maximum atomic E-state index is 12.7. The van der Waals surface area contributed by atoms with Gasteiger partial charge in [-0.2, -0.15) is 0 Å². The van der Waals surface area contributed by atoms with E-state index >= 15 is 0 Å². The van der Waals surface area contributed by atoms with Crippen LogP contribution >= 0.6 is 0 Å². The maximum Gasteiger partial charge on any atom is 0.266 e. The molecule has 0 aromatic heterocycles. The summed E-state index contributed by atoms with van der Waals surface area (Å²) in [5.41, 5.74) is 1.66. The Morgan fingerprint density at radius 2 is 1.70 bits per heavy atom. The molecule has 1 aliphatic rings. The fourth-order valence-electron chi connectivity index (χ4n) is 3.11. The van der Waals surface area contributed by atoms with E-state index in [2.05, 4.69) is 12.2 Å². The third-order valence-electron chi connectivity index (χ3n) is 4.51. The molecule has 6 heteroatoms. The Bertz CT molecular complexity index is 857. The summed E-state index contributed by atoms with van der Waals surface area (Å²) in [6.07, 6.45) is 3.36. The molecular weight excluding hydrogens is 344 g/mol. The summed E-state index contributed by atoms with van der Waals surface area (Å²) in [5.74, 6) is -0.495. The van der Waals surface area contributed by atoms with Crippen molar-refractivity contribution < 1.29 is 19.1 Å². The topological polar surface area (TPSA) is 75.7 Å². The lowest BCUT2D eigenvalue weighted by molar-refractivity contribution is -0.116. The molecule has 140 valence electrons. The van der Waals surface area contributed by atoms with E-state index in [4.69, 9.17) is 4.74 Å². The van der Waals surface area contributed by atoms with Crippen LogP contribution in [-0.2, 0) is 4.79 Å². The number of hydrogen-bond acceptors (Lipinski definition) is 4.